The Morgan fingerprint density at radius 2 is 1.85 bits per heavy atom. The predicted molar refractivity (Wildman–Crippen MR) is 161 cm³/mol. The van der Waals surface area contributed by atoms with Crippen LogP contribution in [0.2, 0.25) is 0 Å². The van der Waals surface area contributed by atoms with Crippen molar-refractivity contribution < 1.29 is 19.5 Å². The normalized spacial score (nSPS) is 27.8. The number of hydrogen-bond acceptors (Lipinski definition) is 5. The highest BCUT2D eigenvalue weighted by atomic mass is 32.2. The first-order valence-electron chi connectivity index (χ1n) is 14.5. The van der Waals surface area contributed by atoms with Gasteiger partial charge < -0.3 is 19.8 Å². The van der Waals surface area contributed by atoms with Gasteiger partial charge in [-0.05, 0) is 52.0 Å². The maximum Gasteiger partial charge on any atom is 0.247 e. The van der Waals surface area contributed by atoms with E-state index in [0.717, 1.165) is 18.4 Å². The zero-order valence-electron chi connectivity index (χ0n) is 24.4. The van der Waals surface area contributed by atoms with E-state index in [-0.39, 0.29) is 29.6 Å². The van der Waals surface area contributed by atoms with Gasteiger partial charge in [0.15, 0.2) is 0 Å². The lowest BCUT2D eigenvalue weighted by Gasteiger charge is -2.43. The molecule has 3 aliphatic heterocycles. The van der Waals surface area contributed by atoms with Crippen molar-refractivity contribution in [1.29, 1.82) is 0 Å². The van der Waals surface area contributed by atoms with E-state index in [9.17, 15) is 19.5 Å². The first-order valence-corrected chi connectivity index (χ1v) is 15.4. The van der Waals surface area contributed by atoms with Gasteiger partial charge in [-0.15, -0.1) is 24.9 Å². The van der Waals surface area contributed by atoms with E-state index in [1.54, 1.807) is 33.7 Å². The number of aliphatic hydroxyl groups is 1. The van der Waals surface area contributed by atoms with Crippen LogP contribution in [0.4, 0.5) is 0 Å². The summed E-state index contributed by atoms with van der Waals surface area (Å²) in [5.41, 5.74) is 0.486. The lowest BCUT2D eigenvalue weighted by molar-refractivity contribution is -0.148. The molecule has 7 nitrogen and oxygen atoms in total. The van der Waals surface area contributed by atoms with Crippen LogP contribution in [0.15, 0.2) is 55.6 Å². The largest absolute Gasteiger partial charge is 0.394 e. The molecule has 3 fully saturated rings. The molecule has 1 spiro atoms. The Labute approximate surface area is 243 Å². The first kappa shape index (κ1) is 30.4. The molecule has 218 valence electrons. The van der Waals surface area contributed by atoms with Gasteiger partial charge in [0.2, 0.25) is 17.7 Å². The van der Waals surface area contributed by atoms with Crippen molar-refractivity contribution in [3.05, 3.63) is 61.2 Å². The second-order valence-corrected chi connectivity index (χ2v) is 13.9. The van der Waals surface area contributed by atoms with Gasteiger partial charge in [-0.25, -0.2) is 0 Å². The third kappa shape index (κ3) is 5.25. The fourth-order valence-corrected chi connectivity index (χ4v) is 9.27. The van der Waals surface area contributed by atoms with E-state index in [2.05, 4.69) is 13.2 Å². The Morgan fingerprint density at radius 1 is 1.18 bits per heavy atom. The lowest BCUT2D eigenvalue weighted by atomic mass is 9.70. The SMILES string of the molecule is C=CCN(CCC)C(=O)[C@@H]1[C@H]2C(=O)N([C@@H](CO)Cc3ccccc3)C(C(=O)N(CC=C)C(C)(C)C)C23CC[C@H]1S3. The summed E-state index contributed by atoms with van der Waals surface area (Å²) in [4.78, 5) is 48.5. The average Bonchev–Trinajstić information content (AvgIpc) is 3.57. The number of benzene rings is 1. The summed E-state index contributed by atoms with van der Waals surface area (Å²) in [6.45, 7) is 16.8. The highest BCUT2D eigenvalue weighted by Gasteiger charge is 2.74. The molecule has 0 saturated carbocycles. The number of fused-ring (bicyclic) bond motifs is 1. The number of likely N-dealkylation sites (tertiary alicyclic amines) is 1. The van der Waals surface area contributed by atoms with Crippen LogP contribution in [0.1, 0.15) is 52.5 Å². The molecule has 1 aromatic rings. The molecule has 0 radical (unpaired) electrons. The summed E-state index contributed by atoms with van der Waals surface area (Å²) in [6, 6.07) is 8.41. The van der Waals surface area contributed by atoms with Crippen molar-refractivity contribution in [2.24, 2.45) is 11.8 Å². The molecule has 1 aromatic carbocycles. The van der Waals surface area contributed by atoms with Crippen LogP contribution >= 0.6 is 11.8 Å². The molecule has 6 atom stereocenters. The van der Waals surface area contributed by atoms with E-state index in [0.29, 0.717) is 32.5 Å². The van der Waals surface area contributed by atoms with Crippen molar-refractivity contribution in [3.8, 4) is 0 Å². The van der Waals surface area contributed by atoms with Gasteiger partial charge in [-0.1, -0.05) is 49.4 Å². The van der Waals surface area contributed by atoms with E-state index in [1.165, 1.54) is 0 Å². The molecule has 3 saturated heterocycles. The molecule has 1 N–H and O–H groups in total. The van der Waals surface area contributed by atoms with Gasteiger partial charge in [-0.2, -0.15) is 0 Å². The fraction of sp³-hybridized carbons (Fsp3) is 0.594. The van der Waals surface area contributed by atoms with Crippen molar-refractivity contribution in [2.75, 3.05) is 26.2 Å². The summed E-state index contributed by atoms with van der Waals surface area (Å²) in [6.07, 6.45) is 6.17. The molecule has 40 heavy (non-hydrogen) atoms. The van der Waals surface area contributed by atoms with E-state index < -0.39 is 34.2 Å². The molecule has 8 heteroatoms. The second-order valence-electron chi connectivity index (χ2n) is 12.3. The number of hydrogen-bond donors (Lipinski definition) is 1. The molecular formula is C32H45N3O4S. The molecule has 4 rings (SSSR count). The number of thioether (sulfide) groups is 1. The Hall–Kier alpha value is -2.58. The number of carbonyl (C=O) groups excluding carboxylic acids is 3. The van der Waals surface area contributed by atoms with Crippen LogP contribution in [0.5, 0.6) is 0 Å². The summed E-state index contributed by atoms with van der Waals surface area (Å²) in [5.74, 6) is -1.42. The molecule has 3 amide bonds. The van der Waals surface area contributed by atoms with E-state index in [1.807, 2.05) is 62.9 Å². The molecule has 0 aromatic heterocycles. The quantitative estimate of drug-likeness (QED) is 0.388. The summed E-state index contributed by atoms with van der Waals surface area (Å²) < 4.78 is -0.708. The van der Waals surface area contributed by atoms with Gasteiger partial charge in [0.25, 0.3) is 0 Å². The summed E-state index contributed by atoms with van der Waals surface area (Å²) in [5, 5.41) is 10.7. The Balaban J connectivity index is 1.81. The van der Waals surface area contributed by atoms with Crippen molar-refractivity contribution in [2.45, 2.75) is 81.0 Å². The number of rotatable bonds is 12. The molecule has 3 heterocycles. The fourth-order valence-electron chi connectivity index (χ4n) is 7.08. The summed E-state index contributed by atoms with van der Waals surface area (Å²) in [7, 11) is 0. The van der Waals surface area contributed by atoms with E-state index in [4.69, 9.17) is 0 Å². The third-order valence-electron chi connectivity index (χ3n) is 8.72. The minimum atomic E-state index is -0.767. The van der Waals surface area contributed by atoms with Gasteiger partial charge in [-0.3, -0.25) is 14.4 Å². The van der Waals surface area contributed by atoms with Gasteiger partial charge in [0.1, 0.15) is 6.04 Å². The highest BCUT2D eigenvalue weighted by molar-refractivity contribution is 8.02. The molecule has 2 bridgehead atoms. The van der Waals surface area contributed by atoms with E-state index >= 15 is 0 Å². The van der Waals surface area contributed by atoms with Crippen LogP contribution in [0.3, 0.4) is 0 Å². The monoisotopic (exact) mass is 567 g/mol. The second kappa shape index (κ2) is 12.1. The minimum absolute atomic E-state index is 0.00716. The van der Waals surface area contributed by atoms with Crippen LogP contribution in [-0.4, -0.2) is 91.4 Å². The summed E-state index contributed by atoms with van der Waals surface area (Å²) >= 11 is 1.67. The third-order valence-corrected chi connectivity index (χ3v) is 10.7. The zero-order chi connectivity index (χ0) is 29.2. The molecular weight excluding hydrogens is 522 g/mol. The maximum atomic E-state index is 14.6. The van der Waals surface area contributed by atoms with Crippen LogP contribution in [0, 0.1) is 11.8 Å². The topological polar surface area (TPSA) is 81.2 Å². The lowest BCUT2D eigenvalue weighted by Crippen LogP contribution is -2.61. The average molecular weight is 568 g/mol. The number of aliphatic hydroxyl groups excluding tert-OH is 1. The number of amides is 3. The molecule has 3 aliphatic rings. The van der Waals surface area contributed by atoms with Crippen LogP contribution < -0.4 is 0 Å². The van der Waals surface area contributed by atoms with Gasteiger partial charge in [0.05, 0.1) is 29.2 Å². The maximum absolute atomic E-state index is 14.6. The Bertz CT molecular complexity index is 1120. The standard InChI is InChI=1S/C32H45N3O4S/c1-7-17-33(18-8-2)28(37)25-24-15-16-32(40-24)26(25)29(38)35(23(21-36)20-22-13-11-10-12-14-22)27(32)30(39)34(19-9-3)31(4,5)6/h7,9-14,23-27,36H,1,3,8,15-21H2,2,4-6H3/t23-,24-,25+,26+,27?,32?/m1/s1. The number of carbonyl (C=O) groups is 3. The molecule has 2 unspecified atom stereocenters. The van der Waals surface area contributed by atoms with Gasteiger partial charge >= 0.3 is 0 Å². The minimum Gasteiger partial charge on any atom is -0.394 e. The Kier molecular flexibility index (Phi) is 9.20. The zero-order valence-corrected chi connectivity index (χ0v) is 25.2. The number of nitrogens with zero attached hydrogens (tertiary/aromatic N) is 3. The Morgan fingerprint density at radius 3 is 2.42 bits per heavy atom. The molecule has 0 aliphatic carbocycles. The van der Waals surface area contributed by atoms with Crippen molar-refractivity contribution in [1.82, 2.24) is 14.7 Å². The van der Waals surface area contributed by atoms with Crippen molar-refractivity contribution in [3.63, 3.8) is 0 Å². The highest BCUT2D eigenvalue weighted by Crippen LogP contribution is 2.67. The van der Waals surface area contributed by atoms with Crippen LogP contribution in [0.25, 0.3) is 0 Å². The van der Waals surface area contributed by atoms with Crippen LogP contribution in [-0.2, 0) is 20.8 Å². The van der Waals surface area contributed by atoms with Gasteiger partial charge in [0, 0.05) is 30.4 Å². The van der Waals surface area contributed by atoms with Crippen molar-refractivity contribution >= 4 is 29.5 Å². The smallest absolute Gasteiger partial charge is 0.247 e. The first-order chi connectivity index (χ1) is 19.0. The predicted octanol–water partition coefficient (Wildman–Crippen LogP) is 3.92.